The predicted octanol–water partition coefficient (Wildman–Crippen LogP) is 0.336. The lowest BCUT2D eigenvalue weighted by molar-refractivity contribution is 0.0669. The van der Waals surface area contributed by atoms with Crippen LogP contribution < -0.4 is 0 Å². The van der Waals surface area contributed by atoms with Gasteiger partial charge in [0.15, 0.2) is 0 Å². The number of carbonyl (C=O) groups is 2. The van der Waals surface area contributed by atoms with Gasteiger partial charge in [0, 0.05) is 0 Å². The van der Waals surface area contributed by atoms with E-state index in [1.165, 1.54) is 24.3 Å². The fraction of sp³-hybridized carbons (Fsp3) is 0. The number of carboxylic acids is 1. The number of hydrogen-bond acceptors (Lipinski definition) is 5. The zero-order valence-corrected chi connectivity index (χ0v) is 8.02. The molecule has 0 radical (unpaired) electrons. The van der Waals surface area contributed by atoms with Gasteiger partial charge in [-0.2, -0.15) is 0 Å². The molecule has 0 aromatic heterocycles. The molecular weight excluding hydrogens is 224 g/mol. The summed E-state index contributed by atoms with van der Waals surface area (Å²) in [5, 5.41) is 8.69. The molecule has 0 bridgehead atoms. The van der Waals surface area contributed by atoms with Crippen molar-refractivity contribution in [1.29, 1.82) is 0 Å². The second-order valence-electron chi connectivity index (χ2n) is 2.43. The largest absolute Gasteiger partial charge is 0.740 e. The summed E-state index contributed by atoms with van der Waals surface area (Å²) < 4.78 is 24.0. The van der Waals surface area contributed by atoms with Crippen LogP contribution in [0.4, 0.5) is 0 Å². The zero-order valence-electron chi connectivity index (χ0n) is 7.21. The van der Waals surface area contributed by atoms with Gasteiger partial charge in [-0.3, -0.25) is 0 Å². The second kappa shape index (κ2) is 4.67. The molecule has 0 saturated carbocycles. The smallest absolute Gasteiger partial charge is 0.352 e. The highest BCUT2D eigenvalue weighted by Crippen LogP contribution is 2.10. The normalized spacial score (nSPS) is 11.8. The minimum Gasteiger partial charge on any atom is -0.740 e. The van der Waals surface area contributed by atoms with Gasteiger partial charge in [0.1, 0.15) is 11.4 Å². The van der Waals surface area contributed by atoms with Crippen LogP contribution in [-0.4, -0.2) is 25.8 Å². The Morgan fingerprint density at radius 3 is 2.27 bits per heavy atom. The number of hydrogen-bond donors (Lipinski definition) is 1. The van der Waals surface area contributed by atoms with Crippen LogP contribution in [-0.2, 0) is 15.5 Å². The van der Waals surface area contributed by atoms with Crippen LogP contribution in [0.5, 0.6) is 0 Å². The second-order valence-corrected chi connectivity index (χ2v) is 3.00. The lowest BCUT2D eigenvalue weighted by atomic mass is 10.1. The molecular formula is C8H5O6S-. The fourth-order valence-corrected chi connectivity index (χ4v) is 1.17. The van der Waals surface area contributed by atoms with Gasteiger partial charge in [0.05, 0.1) is 11.1 Å². The lowest BCUT2D eigenvalue weighted by Crippen LogP contribution is -2.12. The van der Waals surface area contributed by atoms with Gasteiger partial charge in [-0.1, -0.05) is 12.1 Å². The Kier molecular flexibility index (Phi) is 3.53. The first-order chi connectivity index (χ1) is 7.02. The zero-order chi connectivity index (χ0) is 11.4. The van der Waals surface area contributed by atoms with Crippen molar-refractivity contribution in [2.75, 3.05) is 0 Å². The Labute approximate surface area is 87.0 Å². The van der Waals surface area contributed by atoms with E-state index < -0.39 is 23.3 Å². The molecule has 0 fully saturated rings. The average Bonchev–Trinajstić information content (AvgIpc) is 2.16. The SMILES string of the molecule is O=C(O)c1ccccc1C(=O)OS(=O)[O-]. The molecule has 0 aliphatic carbocycles. The molecule has 1 aromatic carbocycles. The van der Waals surface area contributed by atoms with E-state index in [4.69, 9.17) is 5.11 Å². The van der Waals surface area contributed by atoms with Gasteiger partial charge in [-0.15, -0.1) is 0 Å². The van der Waals surface area contributed by atoms with Crippen molar-refractivity contribution in [2.45, 2.75) is 0 Å². The highest BCUT2D eigenvalue weighted by atomic mass is 32.2. The summed E-state index contributed by atoms with van der Waals surface area (Å²) in [5.74, 6) is -2.56. The summed E-state index contributed by atoms with van der Waals surface area (Å²) in [6.45, 7) is 0. The molecule has 15 heavy (non-hydrogen) atoms. The molecule has 1 atom stereocenters. The standard InChI is InChI=1S/C8H6O6S/c9-7(10)5-3-1-2-4-6(5)8(11)14-15(12)13/h1-4H,(H,9,10)(H,12,13)/p-1. The van der Waals surface area contributed by atoms with E-state index in [1.54, 1.807) is 0 Å². The molecule has 0 aliphatic rings. The monoisotopic (exact) mass is 229 g/mol. The Balaban J connectivity index is 3.08. The third kappa shape index (κ3) is 2.86. The summed E-state index contributed by atoms with van der Waals surface area (Å²) in [5.41, 5.74) is -0.623. The van der Waals surface area contributed by atoms with Gasteiger partial charge < -0.3 is 13.8 Å². The molecule has 6 nitrogen and oxygen atoms in total. The fourth-order valence-electron chi connectivity index (χ4n) is 0.954. The maximum absolute atomic E-state index is 11.1. The summed E-state index contributed by atoms with van der Waals surface area (Å²) in [6.07, 6.45) is 0. The van der Waals surface area contributed by atoms with Crippen molar-refractivity contribution in [3.63, 3.8) is 0 Å². The highest BCUT2D eigenvalue weighted by Gasteiger charge is 2.17. The molecule has 0 saturated heterocycles. The number of rotatable bonds is 3. The van der Waals surface area contributed by atoms with Crippen LogP contribution >= 0.6 is 0 Å². The highest BCUT2D eigenvalue weighted by molar-refractivity contribution is 7.74. The predicted molar refractivity (Wildman–Crippen MR) is 47.7 cm³/mol. The van der Waals surface area contributed by atoms with E-state index in [2.05, 4.69) is 4.18 Å². The topological polar surface area (TPSA) is 104 Å². The minimum absolute atomic E-state index is 0.311. The van der Waals surface area contributed by atoms with Crippen molar-refractivity contribution in [3.8, 4) is 0 Å². The van der Waals surface area contributed by atoms with Gasteiger partial charge in [-0.05, 0) is 12.1 Å². The van der Waals surface area contributed by atoms with E-state index in [-0.39, 0.29) is 11.1 Å². The van der Waals surface area contributed by atoms with Crippen molar-refractivity contribution >= 4 is 23.3 Å². The summed E-state index contributed by atoms with van der Waals surface area (Å²) in [4.78, 5) is 21.8. The summed E-state index contributed by atoms with van der Waals surface area (Å²) in [7, 11) is 0. The Hall–Kier alpha value is -1.73. The Morgan fingerprint density at radius 2 is 1.80 bits per heavy atom. The van der Waals surface area contributed by atoms with Crippen molar-refractivity contribution < 1.29 is 27.6 Å². The average molecular weight is 229 g/mol. The third-order valence-corrected chi connectivity index (χ3v) is 1.81. The van der Waals surface area contributed by atoms with Crippen LogP contribution in [0.25, 0.3) is 0 Å². The van der Waals surface area contributed by atoms with Crippen LogP contribution in [0.15, 0.2) is 24.3 Å². The van der Waals surface area contributed by atoms with Crippen molar-refractivity contribution in [1.82, 2.24) is 0 Å². The first-order valence-electron chi connectivity index (χ1n) is 3.66. The van der Waals surface area contributed by atoms with Gasteiger partial charge in [0.25, 0.3) is 0 Å². The van der Waals surface area contributed by atoms with E-state index in [9.17, 15) is 18.4 Å². The Morgan fingerprint density at radius 1 is 1.27 bits per heavy atom. The molecule has 7 heteroatoms. The maximum Gasteiger partial charge on any atom is 0.352 e. The van der Waals surface area contributed by atoms with E-state index >= 15 is 0 Å². The third-order valence-electron chi connectivity index (χ3n) is 1.52. The quantitative estimate of drug-likeness (QED) is 0.749. The number of benzene rings is 1. The molecule has 1 N–H and O–H groups in total. The maximum atomic E-state index is 11.1. The van der Waals surface area contributed by atoms with Crippen molar-refractivity contribution in [2.24, 2.45) is 0 Å². The van der Waals surface area contributed by atoms with Gasteiger partial charge in [0.2, 0.25) is 0 Å². The molecule has 1 rings (SSSR count). The van der Waals surface area contributed by atoms with Crippen LogP contribution in [0.2, 0.25) is 0 Å². The van der Waals surface area contributed by atoms with Crippen LogP contribution in [0.1, 0.15) is 20.7 Å². The first kappa shape index (κ1) is 11.3. The Bertz CT molecular complexity index is 427. The first-order valence-corrected chi connectivity index (χ1v) is 4.66. The molecule has 0 aliphatic heterocycles. The van der Waals surface area contributed by atoms with E-state index in [0.717, 1.165) is 0 Å². The summed E-state index contributed by atoms with van der Waals surface area (Å²) >= 11 is -3.01. The van der Waals surface area contributed by atoms with Gasteiger partial charge in [-0.25, -0.2) is 13.8 Å². The van der Waals surface area contributed by atoms with Gasteiger partial charge >= 0.3 is 11.9 Å². The molecule has 0 heterocycles. The number of carboxylic acid groups (broad SMARTS) is 1. The molecule has 80 valence electrons. The van der Waals surface area contributed by atoms with E-state index in [1.807, 2.05) is 0 Å². The minimum atomic E-state index is -3.01. The summed E-state index contributed by atoms with van der Waals surface area (Å²) in [6, 6.07) is 5.15. The molecule has 1 aromatic rings. The van der Waals surface area contributed by atoms with Crippen LogP contribution in [0.3, 0.4) is 0 Å². The number of carbonyl (C=O) groups excluding carboxylic acids is 1. The number of aromatic carboxylic acids is 1. The van der Waals surface area contributed by atoms with Crippen molar-refractivity contribution in [3.05, 3.63) is 35.4 Å². The lowest BCUT2D eigenvalue weighted by Gasteiger charge is -2.07. The molecule has 0 amide bonds. The molecule has 0 spiro atoms. The van der Waals surface area contributed by atoms with Crippen LogP contribution in [0, 0.1) is 0 Å². The van der Waals surface area contributed by atoms with E-state index in [0.29, 0.717) is 0 Å². The molecule has 1 unspecified atom stereocenters.